The van der Waals surface area contributed by atoms with E-state index in [4.69, 9.17) is 0 Å². The summed E-state index contributed by atoms with van der Waals surface area (Å²) in [5.41, 5.74) is 2.86. The number of carbonyl (C=O) groups excluding carboxylic acids is 2. The molecule has 0 aliphatic heterocycles. The highest BCUT2D eigenvalue weighted by Gasteiger charge is 2.05. The van der Waals surface area contributed by atoms with Crippen molar-refractivity contribution in [2.75, 3.05) is 19.0 Å². The van der Waals surface area contributed by atoms with Crippen LogP contribution in [-0.4, -0.2) is 25.7 Å². The number of hydrogen-bond acceptors (Lipinski definition) is 3. The number of hydrogen-bond donors (Lipinski definition) is 2. The number of amides is 2. The standard InChI is InChI=1S/C12H16N2O3/c1-8-4-9(2)6-10(5-8)14-11(15)7-13-12(16)17-3/h4-6H,7H2,1-3H3,(H,13,16)(H,14,15). The Bertz CT molecular complexity index is 410. The fourth-order valence-corrected chi connectivity index (χ4v) is 1.48. The highest BCUT2D eigenvalue weighted by atomic mass is 16.5. The summed E-state index contributed by atoms with van der Waals surface area (Å²) < 4.78 is 4.36. The van der Waals surface area contributed by atoms with Crippen LogP contribution in [0.4, 0.5) is 10.5 Å². The first-order valence-corrected chi connectivity index (χ1v) is 5.21. The molecule has 0 radical (unpaired) electrons. The van der Waals surface area contributed by atoms with Gasteiger partial charge in [0.2, 0.25) is 5.91 Å². The van der Waals surface area contributed by atoms with E-state index in [1.165, 1.54) is 7.11 Å². The second-order valence-corrected chi connectivity index (χ2v) is 3.77. The van der Waals surface area contributed by atoms with E-state index in [1.54, 1.807) is 0 Å². The van der Waals surface area contributed by atoms with E-state index in [0.29, 0.717) is 0 Å². The summed E-state index contributed by atoms with van der Waals surface area (Å²) in [4.78, 5) is 22.2. The summed E-state index contributed by atoms with van der Waals surface area (Å²) >= 11 is 0. The Balaban J connectivity index is 2.53. The van der Waals surface area contributed by atoms with E-state index in [-0.39, 0.29) is 12.5 Å². The molecule has 0 spiro atoms. The van der Waals surface area contributed by atoms with Crippen LogP contribution in [0.3, 0.4) is 0 Å². The monoisotopic (exact) mass is 236 g/mol. The third kappa shape index (κ3) is 4.55. The minimum absolute atomic E-state index is 0.111. The highest BCUT2D eigenvalue weighted by Crippen LogP contribution is 2.13. The molecule has 1 rings (SSSR count). The number of aryl methyl sites for hydroxylation is 2. The first-order chi connectivity index (χ1) is 8.01. The van der Waals surface area contributed by atoms with Crippen LogP contribution >= 0.6 is 0 Å². The van der Waals surface area contributed by atoms with Crippen molar-refractivity contribution >= 4 is 17.7 Å². The van der Waals surface area contributed by atoms with Crippen molar-refractivity contribution in [3.05, 3.63) is 29.3 Å². The van der Waals surface area contributed by atoms with Crippen LogP contribution in [0.25, 0.3) is 0 Å². The normalized spacial score (nSPS) is 9.59. The molecule has 0 saturated carbocycles. The van der Waals surface area contributed by atoms with Crippen molar-refractivity contribution in [3.8, 4) is 0 Å². The molecule has 0 heterocycles. The molecule has 17 heavy (non-hydrogen) atoms. The van der Waals surface area contributed by atoms with Crippen LogP contribution < -0.4 is 10.6 Å². The van der Waals surface area contributed by atoms with E-state index < -0.39 is 6.09 Å². The summed E-state index contributed by atoms with van der Waals surface area (Å²) in [6.07, 6.45) is -0.624. The number of anilines is 1. The lowest BCUT2D eigenvalue weighted by atomic mass is 10.1. The number of nitrogens with one attached hydrogen (secondary N) is 2. The zero-order valence-corrected chi connectivity index (χ0v) is 10.2. The van der Waals surface area contributed by atoms with Gasteiger partial charge in [0.15, 0.2) is 0 Å². The zero-order valence-electron chi connectivity index (χ0n) is 10.2. The number of ether oxygens (including phenoxy) is 1. The lowest BCUT2D eigenvalue weighted by Crippen LogP contribution is -2.32. The zero-order chi connectivity index (χ0) is 12.8. The third-order valence-corrected chi connectivity index (χ3v) is 2.08. The molecule has 1 aromatic carbocycles. The molecule has 0 aromatic heterocycles. The van der Waals surface area contributed by atoms with E-state index in [9.17, 15) is 9.59 Å². The van der Waals surface area contributed by atoms with E-state index in [0.717, 1.165) is 16.8 Å². The van der Waals surface area contributed by atoms with Gasteiger partial charge in [0.05, 0.1) is 7.11 Å². The molecular weight excluding hydrogens is 220 g/mol. The maximum Gasteiger partial charge on any atom is 0.407 e. The van der Waals surface area contributed by atoms with Crippen LogP contribution in [0.2, 0.25) is 0 Å². The molecule has 2 amide bonds. The maximum absolute atomic E-state index is 11.5. The first kappa shape index (κ1) is 13.0. The molecule has 2 N–H and O–H groups in total. The van der Waals surface area contributed by atoms with Gasteiger partial charge in [-0.2, -0.15) is 0 Å². The Morgan fingerprint density at radius 2 is 1.76 bits per heavy atom. The molecule has 92 valence electrons. The molecule has 0 bridgehead atoms. The number of rotatable bonds is 3. The maximum atomic E-state index is 11.5. The summed E-state index contributed by atoms with van der Waals surface area (Å²) in [5, 5.41) is 5.00. The van der Waals surface area contributed by atoms with Crippen molar-refractivity contribution in [1.82, 2.24) is 5.32 Å². The molecule has 0 fully saturated rings. The average Bonchev–Trinajstić information content (AvgIpc) is 2.24. The van der Waals surface area contributed by atoms with Gasteiger partial charge in [-0.1, -0.05) is 6.07 Å². The SMILES string of the molecule is COC(=O)NCC(=O)Nc1cc(C)cc(C)c1. The van der Waals surface area contributed by atoms with Crippen LogP contribution in [0, 0.1) is 13.8 Å². The van der Waals surface area contributed by atoms with Crippen molar-refractivity contribution < 1.29 is 14.3 Å². The predicted molar refractivity (Wildman–Crippen MR) is 65.0 cm³/mol. The van der Waals surface area contributed by atoms with Gasteiger partial charge < -0.3 is 15.4 Å². The van der Waals surface area contributed by atoms with Gasteiger partial charge >= 0.3 is 6.09 Å². The van der Waals surface area contributed by atoms with Gasteiger partial charge in [0.1, 0.15) is 6.54 Å². The third-order valence-electron chi connectivity index (χ3n) is 2.08. The second kappa shape index (κ2) is 5.89. The Labute approximate surface area is 100 Å². The minimum atomic E-state index is -0.624. The van der Waals surface area contributed by atoms with Crippen LogP contribution in [0.1, 0.15) is 11.1 Å². The molecular formula is C12H16N2O3. The van der Waals surface area contributed by atoms with E-state index in [1.807, 2.05) is 32.0 Å². The van der Waals surface area contributed by atoms with Gasteiger partial charge in [-0.3, -0.25) is 4.79 Å². The van der Waals surface area contributed by atoms with Crippen molar-refractivity contribution in [2.24, 2.45) is 0 Å². The smallest absolute Gasteiger partial charge is 0.407 e. The van der Waals surface area contributed by atoms with Crippen molar-refractivity contribution in [2.45, 2.75) is 13.8 Å². The van der Waals surface area contributed by atoms with Gasteiger partial charge in [-0.05, 0) is 37.1 Å². The van der Waals surface area contributed by atoms with E-state index >= 15 is 0 Å². The van der Waals surface area contributed by atoms with Crippen LogP contribution in [0.5, 0.6) is 0 Å². The molecule has 0 unspecified atom stereocenters. The van der Waals surface area contributed by atoms with Crippen LogP contribution in [0.15, 0.2) is 18.2 Å². The average molecular weight is 236 g/mol. The van der Waals surface area contributed by atoms with Crippen LogP contribution in [-0.2, 0) is 9.53 Å². The van der Waals surface area contributed by atoms with Crippen molar-refractivity contribution in [1.29, 1.82) is 0 Å². The molecule has 0 aliphatic rings. The second-order valence-electron chi connectivity index (χ2n) is 3.77. The minimum Gasteiger partial charge on any atom is -0.453 e. The van der Waals surface area contributed by atoms with Gasteiger partial charge in [-0.25, -0.2) is 4.79 Å². The predicted octanol–water partition coefficient (Wildman–Crippen LogP) is 1.60. The summed E-state index contributed by atoms with van der Waals surface area (Å²) in [6, 6.07) is 5.74. The number of alkyl carbamates (subject to hydrolysis) is 1. The topological polar surface area (TPSA) is 67.4 Å². The molecule has 5 nitrogen and oxygen atoms in total. The lowest BCUT2D eigenvalue weighted by molar-refractivity contribution is -0.115. The van der Waals surface area contributed by atoms with Gasteiger partial charge in [0, 0.05) is 5.69 Å². The number of benzene rings is 1. The Morgan fingerprint density at radius 3 is 2.29 bits per heavy atom. The molecule has 0 atom stereocenters. The summed E-state index contributed by atoms with van der Waals surface area (Å²) in [7, 11) is 1.25. The van der Waals surface area contributed by atoms with Gasteiger partial charge in [-0.15, -0.1) is 0 Å². The molecule has 1 aromatic rings. The fraction of sp³-hybridized carbons (Fsp3) is 0.333. The summed E-state index contributed by atoms with van der Waals surface area (Å²) in [6.45, 7) is 3.80. The number of methoxy groups -OCH3 is 1. The first-order valence-electron chi connectivity index (χ1n) is 5.21. The quantitative estimate of drug-likeness (QED) is 0.837. The summed E-state index contributed by atoms with van der Waals surface area (Å²) in [5.74, 6) is -0.291. The van der Waals surface area contributed by atoms with Crippen molar-refractivity contribution in [3.63, 3.8) is 0 Å². The fourth-order valence-electron chi connectivity index (χ4n) is 1.48. The largest absolute Gasteiger partial charge is 0.453 e. The Hall–Kier alpha value is -2.04. The Kier molecular flexibility index (Phi) is 4.51. The van der Waals surface area contributed by atoms with E-state index in [2.05, 4.69) is 15.4 Å². The molecule has 0 aliphatic carbocycles. The van der Waals surface area contributed by atoms with Gasteiger partial charge in [0.25, 0.3) is 0 Å². The molecule has 5 heteroatoms. The highest BCUT2D eigenvalue weighted by molar-refractivity contribution is 5.93. The lowest BCUT2D eigenvalue weighted by Gasteiger charge is -2.08. The number of carbonyl (C=O) groups is 2. The molecule has 0 saturated heterocycles. The Morgan fingerprint density at radius 1 is 1.18 bits per heavy atom.